The average Bonchev–Trinajstić information content (AvgIpc) is 3.83. The number of carbonyl (C=O) groups excluding carboxylic acids is 4. The Morgan fingerprint density at radius 3 is 2.17 bits per heavy atom. The maximum atomic E-state index is 14.4. The number of aliphatic imine (C=N–C) groups is 1. The van der Waals surface area contributed by atoms with Crippen molar-refractivity contribution in [2.75, 3.05) is 33.3 Å². The molecule has 0 unspecified atom stereocenters. The van der Waals surface area contributed by atoms with E-state index in [2.05, 4.69) is 50.7 Å². The molecule has 2 fully saturated rings. The lowest BCUT2D eigenvalue weighted by atomic mass is 9.96. The van der Waals surface area contributed by atoms with Crippen LogP contribution >= 0.6 is 0 Å². The zero-order valence-electron chi connectivity index (χ0n) is 43.9. The quantitative estimate of drug-likeness (QED) is 0.0260. The van der Waals surface area contributed by atoms with E-state index < -0.39 is 150 Å². The molecule has 0 spiro atoms. The molecule has 0 aliphatic carbocycles. The van der Waals surface area contributed by atoms with Crippen molar-refractivity contribution in [3.63, 3.8) is 0 Å². The van der Waals surface area contributed by atoms with Gasteiger partial charge in [0.15, 0.2) is 18.5 Å². The van der Waals surface area contributed by atoms with E-state index in [1.165, 1.54) is 7.11 Å². The van der Waals surface area contributed by atoms with E-state index in [1.807, 2.05) is 4.98 Å². The van der Waals surface area contributed by atoms with Crippen LogP contribution < -0.4 is 54.6 Å². The molecule has 4 amide bonds. The monoisotopic (exact) mass is 1090 g/mol. The van der Waals surface area contributed by atoms with E-state index in [1.54, 1.807) is 27.7 Å². The van der Waals surface area contributed by atoms with E-state index in [9.17, 15) is 63.9 Å². The second kappa shape index (κ2) is 29.7. The van der Waals surface area contributed by atoms with E-state index in [0.717, 1.165) is 36.1 Å². The topological polar surface area (TPSA) is 441 Å². The summed E-state index contributed by atoms with van der Waals surface area (Å²) in [4.78, 5) is 111. The fourth-order valence-electron chi connectivity index (χ4n) is 8.96. The first kappa shape index (κ1) is 62.7. The van der Waals surface area contributed by atoms with Crippen molar-refractivity contribution in [1.82, 2.24) is 41.5 Å². The summed E-state index contributed by atoms with van der Waals surface area (Å²) in [6, 6.07) is -7.25. The molecule has 3 aliphatic heterocycles. The number of carbonyl (C=O) groups is 6. The predicted octanol–water partition coefficient (Wildman–Crippen LogP) is -3.74. The summed E-state index contributed by atoms with van der Waals surface area (Å²) < 4.78 is 29.9. The summed E-state index contributed by atoms with van der Waals surface area (Å²) in [5.41, 5.74) is 9.95. The highest BCUT2D eigenvalue weighted by Gasteiger charge is 2.54. The van der Waals surface area contributed by atoms with Crippen molar-refractivity contribution < 1.29 is 78.0 Å². The first-order valence-electron chi connectivity index (χ1n) is 25.6. The summed E-state index contributed by atoms with van der Waals surface area (Å²) in [5.74, 6) is -6.07. The van der Waals surface area contributed by atoms with Gasteiger partial charge in [-0.15, -0.1) is 0 Å². The Labute approximate surface area is 438 Å². The number of hydrogen-bond acceptors (Lipinski definition) is 21. The number of H-pyrrole nitrogens is 1. The van der Waals surface area contributed by atoms with Crippen LogP contribution in [0.1, 0.15) is 92.7 Å². The smallest absolute Gasteiger partial charge is 0.330 e. The molecule has 2 saturated heterocycles. The Morgan fingerprint density at radius 2 is 1.58 bits per heavy atom. The first-order valence-corrected chi connectivity index (χ1v) is 25.6. The van der Waals surface area contributed by atoms with Crippen molar-refractivity contribution >= 4 is 41.7 Å². The number of carboxylic acid groups (broad SMARTS) is 2. The van der Waals surface area contributed by atoms with Crippen LogP contribution in [0.15, 0.2) is 26.8 Å². The minimum absolute atomic E-state index is 0.0139. The van der Waals surface area contributed by atoms with Crippen molar-refractivity contribution in [2.24, 2.45) is 34.2 Å². The molecule has 4 rings (SSSR count). The van der Waals surface area contributed by atoms with Crippen LogP contribution in [0.5, 0.6) is 0 Å². The summed E-state index contributed by atoms with van der Waals surface area (Å²) in [7, 11) is 1.23. The largest absolute Gasteiger partial charge is 0.480 e. The van der Waals surface area contributed by atoms with Crippen molar-refractivity contribution in [2.45, 2.75) is 178 Å². The molecule has 0 aromatic carbocycles. The molecular weight excluding hydrogens is 1010 g/mol. The Bertz CT molecular complexity index is 2250. The number of guanidine groups is 1. The molecule has 29 nitrogen and oxygen atoms in total. The number of ether oxygens (including phenoxy) is 5. The van der Waals surface area contributed by atoms with Crippen LogP contribution in [-0.4, -0.2) is 195 Å². The minimum Gasteiger partial charge on any atom is -0.480 e. The number of aromatic amines is 1. The molecule has 0 bridgehead atoms. The van der Waals surface area contributed by atoms with Crippen molar-refractivity contribution in [3.05, 3.63) is 33.1 Å². The van der Waals surface area contributed by atoms with Gasteiger partial charge in [0.25, 0.3) is 5.56 Å². The minimum atomic E-state index is -1.93. The van der Waals surface area contributed by atoms with E-state index >= 15 is 0 Å². The molecular formula is C47H79N11O18. The Morgan fingerprint density at radius 1 is 0.882 bits per heavy atom. The van der Waals surface area contributed by atoms with E-state index in [0.29, 0.717) is 12.3 Å². The van der Waals surface area contributed by atoms with Gasteiger partial charge in [0.2, 0.25) is 11.8 Å². The van der Waals surface area contributed by atoms with Gasteiger partial charge in [-0.2, -0.15) is 0 Å². The molecule has 29 heteroatoms. The van der Waals surface area contributed by atoms with Crippen LogP contribution in [0.4, 0.5) is 4.79 Å². The molecule has 430 valence electrons. The number of nitrogens with one attached hydrogen (secondary N) is 7. The number of urea groups is 1. The summed E-state index contributed by atoms with van der Waals surface area (Å²) in [5, 5.41) is 69.5. The zero-order chi connectivity index (χ0) is 56.6. The summed E-state index contributed by atoms with van der Waals surface area (Å²) >= 11 is 0. The molecule has 0 radical (unpaired) electrons. The molecule has 16 atom stereocenters. The van der Waals surface area contributed by atoms with Crippen molar-refractivity contribution in [1.29, 1.82) is 0 Å². The highest BCUT2D eigenvalue weighted by atomic mass is 16.7. The third-order valence-corrected chi connectivity index (χ3v) is 13.5. The van der Waals surface area contributed by atoms with Crippen LogP contribution in [-0.2, 0) is 47.7 Å². The summed E-state index contributed by atoms with van der Waals surface area (Å²) in [6.45, 7) is 10.2. The Hall–Kier alpha value is -5.79. The van der Waals surface area contributed by atoms with Crippen LogP contribution in [0.25, 0.3) is 0 Å². The van der Waals surface area contributed by atoms with Gasteiger partial charge in [-0.05, 0) is 43.6 Å². The van der Waals surface area contributed by atoms with Gasteiger partial charge in [0, 0.05) is 45.4 Å². The van der Waals surface area contributed by atoms with Crippen LogP contribution in [0.2, 0.25) is 0 Å². The molecule has 3 aliphatic rings. The lowest BCUT2D eigenvalue weighted by Crippen LogP contribution is -2.66. The number of nitrogens with two attached hydrogens (primary N) is 2. The number of aliphatic hydroxyl groups excluding tert-OH is 3. The molecule has 0 saturated carbocycles. The fourth-order valence-corrected chi connectivity index (χ4v) is 8.96. The van der Waals surface area contributed by atoms with Gasteiger partial charge in [-0.3, -0.25) is 38.5 Å². The number of aliphatic carboxylic acids is 2. The number of hydrogen-bond donors (Lipinski definition) is 14. The molecule has 16 N–H and O–H groups in total. The highest BCUT2D eigenvalue weighted by molar-refractivity contribution is 5.94. The van der Waals surface area contributed by atoms with E-state index in [-0.39, 0.29) is 51.4 Å². The number of amides is 4. The second-order valence-corrected chi connectivity index (χ2v) is 19.9. The molecule has 76 heavy (non-hydrogen) atoms. The number of unbranched alkanes of at least 4 members (excludes halogenated alkanes) is 1. The Balaban J connectivity index is 1.59. The third-order valence-electron chi connectivity index (χ3n) is 13.5. The van der Waals surface area contributed by atoms with Gasteiger partial charge in [0.05, 0.1) is 6.04 Å². The predicted molar refractivity (Wildman–Crippen MR) is 268 cm³/mol. The summed E-state index contributed by atoms with van der Waals surface area (Å²) in [6.07, 6.45) is -11.2. The fraction of sp³-hybridized carbons (Fsp3) is 0.766. The van der Waals surface area contributed by atoms with Crippen LogP contribution in [0, 0.1) is 17.8 Å². The zero-order valence-corrected chi connectivity index (χ0v) is 43.9. The number of rotatable bonds is 30. The number of methoxy groups -OCH3 is 1. The molecule has 4 heterocycles. The normalized spacial score (nSPS) is 26.2. The number of aliphatic hydroxyl groups is 3. The lowest BCUT2D eigenvalue weighted by molar-refractivity contribution is -0.231. The maximum absolute atomic E-state index is 14.4. The number of aromatic nitrogens is 2. The first-order chi connectivity index (χ1) is 35.9. The van der Waals surface area contributed by atoms with Crippen molar-refractivity contribution in [3.8, 4) is 0 Å². The van der Waals surface area contributed by atoms with Gasteiger partial charge >= 0.3 is 29.6 Å². The second-order valence-electron chi connectivity index (χ2n) is 19.9. The van der Waals surface area contributed by atoms with Crippen LogP contribution in [0.3, 0.4) is 0 Å². The molecule has 1 aromatic heterocycles. The standard InChI is InChI=1S/C47H79N11O18/c1-8-23(6)12-9-10-13-27(60)74-35(22(4)5)30(55-40(65)29(24-14-18-52-45(49)53-24)57-46(70)56-28(21(2)3)42(66)67)39(64)51-17-11-16-50-31(43(68)69)36(76-44-38(72-7)32(61)25(20-48)73-44)37-33(62)34(63)41(75-37)58-19-15-26(59)54-47(58)71/h15,19,21-25,28-38,41,44,50,61-63H,8-14,16-18,20,48H2,1-7H3,(H,51,64)(H,55,65)(H,66,67)(H,68,69)(H3,49,52,53)(H,54,59,71)(H2,56,57,70)/t23-,24-,25+,28-,29-,30-,31-,32+,33-,34+,35-,36-,37-,38+,41+,44-/m0/s1. The molecule has 1 aromatic rings. The van der Waals surface area contributed by atoms with Gasteiger partial charge in [-0.25, -0.2) is 14.4 Å². The maximum Gasteiger partial charge on any atom is 0.330 e. The van der Waals surface area contributed by atoms with Gasteiger partial charge in [-0.1, -0.05) is 60.8 Å². The average molecular weight is 1090 g/mol. The number of carboxylic acids is 2. The van der Waals surface area contributed by atoms with Gasteiger partial charge < -0.3 is 92.6 Å². The van der Waals surface area contributed by atoms with E-state index in [4.69, 9.17) is 35.2 Å². The number of esters is 1. The van der Waals surface area contributed by atoms with Gasteiger partial charge in [0.1, 0.15) is 73.0 Å². The third kappa shape index (κ3) is 17.1. The lowest BCUT2D eigenvalue weighted by Gasteiger charge is -2.34. The number of nitrogens with zero attached hydrogens (tertiary/aromatic N) is 2. The highest BCUT2D eigenvalue weighted by Crippen LogP contribution is 2.35. The Kier molecular flexibility index (Phi) is 24.5. The SMILES string of the molecule is CC[C@H](C)CCCCC(=O)O[C@@H](C(C)C)[C@H](NC(=O)[C@@H](NC(=O)N[C@H](C(=O)O)C(C)C)[C@@H]1CCN=C(N)N1)C(=O)NCCCN[C@H](C(=O)O)[C@H](O[C@@H]1O[C@H](CN)[C@@H](O)[C@H]1OC)[C@H]1O[C@@H](n2ccc(=O)[nH]c2=O)[C@H](O)[C@@H]1O.